The number of hydrogen-bond acceptors (Lipinski definition) is 6. The van der Waals surface area contributed by atoms with Gasteiger partial charge in [0.25, 0.3) is 5.91 Å². The zero-order chi connectivity index (χ0) is 19.8. The standard InChI is InChI=1S/C21H23N3O3S/c1-12-20(28-13(2)23-12)18(25)16-17(15-10-6-7-11-22-15)24(21(27)19(16)26)14-8-4-3-5-9-14/h6-7,10-11,14,17,26H,3-5,8-9H2,1-2H3. The van der Waals surface area contributed by atoms with E-state index in [1.807, 2.05) is 19.1 Å². The third-order valence-corrected chi connectivity index (χ3v) is 6.61. The Labute approximate surface area is 167 Å². The van der Waals surface area contributed by atoms with Crippen LogP contribution in [0.25, 0.3) is 0 Å². The van der Waals surface area contributed by atoms with E-state index < -0.39 is 17.7 Å². The molecule has 4 rings (SSSR count). The number of aromatic nitrogens is 2. The topological polar surface area (TPSA) is 83.4 Å². The second-order valence-electron chi connectivity index (χ2n) is 7.40. The molecule has 1 unspecified atom stereocenters. The maximum atomic E-state index is 13.4. The largest absolute Gasteiger partial charge is 0.503 e. The first-order valence-corrected chi connectivity index (χ1v) is 10.5. The van der Waals surface area contributed by atoms with Crippen LogP contribution in [0, 0.1) is 13.8 Å². The van der Waals surface area contributed by atoms with Gasteiger partial charge in [-0.15, -0.1) is 11.3 Å². The van der Waals surface area contributed by atoms with Crippen molar-refractivity contribution in [3.63, 3.8) is 0 Å². The van der Waals surface area contributed by atoms with Crippen molar-refractivity contribution < 1.29 is 14.7 Å². The summed E-state index contributed by atoms with van der Waals surface area (Å²) in [5.74, 6) is -1.25. The van der Waals surface area contributed by atoms with Crippen LogP contribution in [-0.4, -0.2) is 37.7 Å². The van der Waals surface area contributed by atoms with Gasteiger partial charge in [-0.1, -0.05) is 25.3 Å². The molecule has 1 aliphatic carbocycles. The third kappa shape index (κ3) is 3.13. The fraction of sp³-hybridized carbons (Fsp3) is 0.429. The highest BCUT2D eigenvalue weighted by Crippen LogP contribution is 2.42. The van der Waals surface area contributed by atoms with E-state index in [4.69, 9.17) is 0 Å². The smallest absolute Gasteiger partial charge is 0.290 e. The van der Waals surface area contributed by atoms with Crippen molar-refractivity contribution in [2.24, 2.45) is 0 Å². The number of hydrogen-bond donors (Lipinski definition) is 1. The van der Waals surface area contributed by atoms with Gasteiger partial charge < -0.3 is 10.0 Å². The zero-order valence-corrected chi connectivity index (χ0v) is 16.8. The highest BCUT2D eigenvalue weighted by atomic mass is 32.1. The fourth-order valence-electron chi connectivity index (χ4n) is 4.28. The van der Waals surface area contributed by atoms with E-state index in [-0.39, 0.29) is 17.4 Å². The number of pyridine rings is 1. The van der Waals surface area contributed by atoms with Gasteiger partial charge in [0.15, 0.2) is 5.76 Å². The Morgan fingerprint density at radius 2 is 1.96 bits per heavy atom. The minimum atomic E-state index is -0.661. The lowest BCUT2D eigenvalue weighted by molar-refractivity contribution is -0.132. The molecule has 0 saturated heterocycles. The van der Waals surface area contributed by atoms with Crippen molar-refractivity contribution in [1.29, 1.82) is 0 Å². The van der Waals surface area contributed by atoms with E-state index in [1.54, 1.807) is 24.1 Å². The molecule has 0 spiro atoms. The van der Waals surface area contributed by atoms with Crippen LogP contribution in [0.15, 0.2) is 35.7 Å². The number of rotatable bonds is 4. The van der Waals surface area contributed by atoms with Crippen LogP contribution in [0.1, 0.15) is 64.2 Å². The number of aliphatic hydroxyl groups excluding tert-OH is 1. The molecule has 7 heteroatoms. The Morgan fingerprint density at radius 1 is 1.21 bits per heavy atom. The molecule has 1 atom stereocenters. The summed E-state index contributed by atoms with van der Waals surface area (Å²) in [6.07, 6.45) is 6.64. The van der Waals surface area contributed by atoms with Crippen LogP contribution in [0.5, 0.6) is 0 Å². The highest BCUT2D eigenvalue weighted by molar-refractivity contribution is 7.14. The first-order valence-electron chi connectivity index (χ1n) is 9.64. The Bertz CT molecular complexity index is 945. The first-order chi connectivity index (χ1) is 13.5. The molecule has 0 aromatic carbocycles. The number of nitrogens with zero attached hydrogens (tertiary/aromatic N) is 3. The SMILES string of the molecule is Cc1nc(C)c(C(=O)C2=C(O)C(=O)N(C3CCCCC3)C2c2ccccn2)s1. The average Bonchev–Trinajstić information content (AvgIpc) is 3.18. The summed E-state index contributed by atoms with van der Waals surface area (Å²) in [5, 5.41) is 11.5. The highest BCUT2D eigenvalue weighted by Gasteiger charge is 2.47. The van der Waals surface area contributed by atoms with E-state index in [0.717, 1.165) is 37.1 Å². The number of aliphatic hydroxyl groups is 1. The van der Waals surface area contributed by atoms with Gasteiger partial charge in [0.05, 0.1) is 26.8 Å². The minimum Gasteiger partial charge on any atom is -0.503 e. The average molecular weight is 398 g/mol. The third-order valence-electron chi connectivity index (χ3n) is 5.53. The summed E-state index contributed by atoms with van der Waals surface area (Å²) in [4.78, 5) is 37.4. The van der Waals surface area contributed by atoms with E-state index in [9.17, 15) is 14.7 Å². The summed E-state index contributed by atoms with van der Waals surface area (Å²) in [7, 11) is 0. The second kappa shape index (κ2) is 7.47. The van der Waals surface area contributed by atoms with Crippen LogP contribution in [0.4, 0.5) is 0 Å². The van der Waals surface area contributed by atoms with Crippen molar-refractivity contribution >= 4 is 23.0 Å². The van der Waals surface area contributed by atoms with E-state index in [0.29, 0.717) is 16.3 Å². The fourth-order valence-corrected chi connectivity index (χ4v) is 5.16. The Hall–Kier alpha value is -2.54. The van der Waals surface area contributed by atoms with Crippen LogP contribution in [0.3, 0.4) is 0 Å². The lowest BCUT2D eigenvalue weighted by Gasteiger charge is -2.36. The van der Waals surface area contributed by atoms with Crippen molar-refractivity contribution in [3.05, 3.63) is 57.0 Å². The van der Waals surface area contributed by atoms with Crippen LogP contribution >= 0.6 is 11.3 Å². The number of amides is 1. The summed E-state index contributed by atoms with van der Waals surface area (Å²) in [6.45, 7) is 3.62. The molecular formula is C21H23N3O3S. The molecule has 6 nitrogen and oxygen atoms in total. The number of carbonyl (C=O) groups is 2. The number of Topliss-reactive ketones (excluding diaryl/α,β-unsaturated/α-hetero) is 1. The maximum Gasteiger partial charge on any atom is 0.290 e. The van der Waals surface area contributed by atoms with E-state index >= 15 is 0 Å². The molecule has 1 N–H and O–H groups in total. The van der Waals surface area contributed by atoms with Crippen molar-refractivity contribution in [2.75, 3.05) is 0 Å². The first kappa shape index (κ1) is 18.8. The Kier molecular flexibility index (Phi) is 5.02. The molecule has 28 heavy (non-hydrogen) atoms. The maximum absolute atomic E-state index is 13.4. The van der Waals surface area contributed by atoms with Crippen molar-refractivity contribution in [2.45, 2.75) is 58.0 Å². The predicted molar refractivity (Wildman–Crippen MR) is 106 cm³/mol. The molecule has 0 bridgehead atoms. The van der Waals surface area contributed by atoms with Gasteiger partial charge in [0.2, 0.25) is 5.78 Å². The summed E-state index contributed by atoms with van der Waals surface area (Å²) in [5.41, 5.74) is 1.35. The van der Waals surface area contributed by atoms with Crippen molar-refractivity contribution in [3.8, 4) is 0 Å². The minimum absolute atomic E-state index is 0.00463. The van der Waals surface area contributed by atoms with Gasteiger partial charge in [-0.25, -0.2) is 4.98 Å². The second-order valence-corrected chi connectivity index (χ2v) is 8.60. The number of thiazole rings is 1. The van der Waals surface area contributed by atoms with Gasteiger partial charge in [-0.3, -0.25) is 14.6 Å². The molecular weight excluding hydrogens is 374 g/mol. The molecule has 0 radical (unpaired) electrons. The lowest BCUT2D eigenvalue weighted by atomic mass is 9.91. The molecule has 3 heterocycles. The molecule has 2 aromatic heterocycles. The molecule has 1 amide bonds. The molecule has 1 fully saturated rings. The number of carbonyl (C=O) groups excluding carboxylic acids is 2. The number of aryl methyl sites for hydroxylation is 2. The van der Waals surface area contributed by atoms with Crippen LogP contribution in [0.2, 0.25) is 0 Å². The van der Waals surface area contributed by atoms with Gasteiger partial charge in [0.1, 0.15) is 6.04 Å². The normalized spacial score (nSPS) is 20.9. The molecule has 2 aromatic rings. The molecule has 1 aliphatic heterocycles. The van der Waals surface area contributed by atoms with Crippen LogP contribution < -0.4 is 0 Å². The van der Waals surface area contributed by atoms with Gasteiger partial charge in [-0.2, -0.15) is 0 Å². The van der Waals surface area contributed by atoms with Gasteiger partial charge >= 0.3 is 0 Å². The van der Waals surface area contributed by atoms with Gasteiger partial charge in [-0.05, 0) is 38.8 Å². The summed E-state index contributed by atoms with van der Waals surface area (Å²) < 4.78 is 0. The molecule has 1 saturated carbocycles. The summed E-state index contributed by atoms with van der Waals surface area (Å²) in [6, 6.07) is 4.79. The van der Waals surface area contributed by atoms with E-state index in [2.05, 4.69) is 9.97 Å². The number of ketones is 1. The Balaban J connectivity index is 1.81. The summed E-state index contributed by atoms with van der Waals surface area (Å²) >= 11 is 1.29. The van der Waals surface area contributed by atoms with Crippen LogP contribution in [-0.2, 0) is 4.79 Å². The van der Waals surface area contributed by atoms with Gasteiger partial charge in [0, 0.05) is 12.2 Å². The lowest BCUT2D eigenvalue weighted by Crippen LogP contribution is -2.41. The predicted octanol–water partition coefficient (Wildman–Crippen LogP) is 4.07. The Morgan fingerprint density at radius 3 is 2.57 bits per heavy atom. The molecule has 146 valence electrons. The van der Waals surface area contributed by atoms with Crippen molar-refractivity contribution in [1.82, 2.24) is 14.9 Å². The van der Waals surface area contributed by atoms with E-state index in [1.165, 1.54) is 11.3 Å². The monoisotopic (exact) mass is 397 g/mol. The quantitative estimate of drug-likeness (QED) is 0.787. The molecule has 2 aliphatic rings. The zero-order valence-electron chi connectivity index (χ0n) is 16.0.